The summed E-state index contributed by atoms with van der Waals surface area (Å²) in [5.41, 5.74) is 0. The number of carbonyl (C=O) groups excluding carboxylic acids is 1. The van der Waals surface area contributed by atoms with Crippen LogP contribution in [0.4, 0.5) is 0 Å². The van der Waals surface area contributed by atoms with Crippen molar-refractivity contribution in [3.8, 4) is 0 Å². The van der Waals surface area contributed by atoms with Gasteiger partial charge in [0.25, 0.3) is 0 Å². The summed E-state index contributed by atoms with van der Waals surface area (Å²) in [7, 11) is 0. The molecule has 5 heteroatoms. The minimum absolute atomic E-state index is 0.125. The Morgan fingerprint density at radius 1 is 1.43 bits per heavy atom. The number of amides is 1. The fraction of sp³-hybridized carbons (Fsp3) is 0.688. The maximum atomic E-state index is 12.0. The van der Waals surface area contributed by atoms with Crippen molar-refractivity contribution in [1.29, 1.82) is 0 Å². The first-order chi connectivity index (χ1) is 10.1. The third kappa shape index (κ3) is 5.77. The minimum atomic E-state index is 0.125. The van der Waals surface area contributed by atoms with Crippen LogP contribution in [0.2, 0.25) is 0 Å². The summed E-state index contributed by atoms with van der Waals surface area (Å²) in [5.74, 6) is 0.756. The number of carbonyl (C=O) groups is 1. The third-order valence-electron chi connectivity index (χ3n) is 3.76. The molecular formula is C16H26N2O2S. The number of thiophene rings is 1. The number of hydrogen-bond donors (Lipinski definition) is 1. The van der Waals surface area contributed by atoms with Gasteiger partial charge in [0.15, 0.2) is 0 Å². The first kappa shape index (κ1) is 16.5. The van der Waals surface area contributed by atoms with Crippen LogP contribution in [0.25, 0.3) is 0 Å². The molecule has 1 N–H and O–H groups in total. The van der Waals surface area contributed by atoms with E-state index < -0.39 is 0 Å². The largest absolute Gasteiger partial charge is 0.379 e. The summed E-state index contributed by atoms with van der Waals surface area (Å²) in [6, 6.07) is 4.42. The number of ether oxygens (including phenoxy) is 1. The van der Waals surface area contributed by atoms with E-state index in [2.05, 4.69) is 24.1 Å². The average Bonchev–Trinajstić information content (AvgIpc) is 2.97. The molecule has 1 aliphatic heterocycles. The van der Waals surface area contributed by atoms with Crippen LogP contribution >= 0.6 is 11.3 Å². The van der Waals surface area contributed by atoms with Crippen molar-refractivity contribution in [2.75, 3.05) is 32.8 Å². The Bertz CT molecular complexity index is 414. The Balaban J connectivity index is 1.81. The predicted molar refractivity (Wildman–Crippen MR) is 86.7 cm³/mol. The predicted octanol–water partition coefficient (Wildman–Crippen LogP) is 2.15. The van der Waals surface area contributed by atoms with Gasteiger partial charge in [-0.05, 0) is 23.8 Å². The molecule has 0 aromatic carbocycles. The molecule has 1 aromatic heterocycles. The van der Waals surface area contributed by atoms with Crippen LogP contribution in [0.1, 0.15) is 25.1 Å². The lowest BCUT2D eigenvalue weighted by atomic mass is 10.0. The van der Waals surface area contributed by atoms with Crippen LogP contribution in [-0.2, 0) is 16.0 Å². The van der Waals surface area contributed by atoms with Gasteiger partial charge in [0, 0.05) is 30.6 Å². The number of nitrogens with one attached hydrogen (secondary N) is 1. The fourth-order valence-corrected chi connectivity index (χ4v) is 3.42. The lowest BCUT2D eigenvalue weighted by Crippen LogP contribution is -2.49. The molecule has 21 heavy (non-hydrogen) atoms. The molecule has 0 saturated carbocycles. The molecule has 4 nitrogen and oxygen atoms in total. The van der Waals surface area contributed by atoms with E-state index >= 15 is 0 Å². The highest BCUT2D eigenvalue weighted by atomic mass is 32.1. The standard InChI is InChI=1S/C16H26N2O2S/c1-13(2)10-14(18-5-7-20-8-6-18)12-17-16(19)11-15-4-3-9-21-15/h3-4,9,13-14H,5-8,10-12H2,1-2H3,(H,17,19). The van der Waals surface area contributed by atoms with E-state index in [4.69, 9.17) is 4.74 Å². The molecule has 118 valence electrons. The molecule has 0 aliphatic carbocycles. The summed E-state index contributed by atoms with van der Waals surface area (Å²) in [4.78, 5) is 15.6. The van der Waals surface area contributed by atoms with E-state index in [0.29, 0.717) is 18.4 Å². The first-order valence-electron chi connectivity index (χ1n) is 7.76. The second kappa shape index (κ2) is 8.51. The molecule has 0 spiro atoms. The quantitative estimate of drug-likeness (QED) is 0.839. The topological polar surface area (TPSA) is 41.6 Å². The lowest BCUT2D eigenvalue weighted by molar-refractivity contribution is -0.120. The highest BCUT2D eigenvalue weighted by Gasteiger charge is 2.22. The van der Waals surface area contributed by atoms with Crippen molar-refractivity contribution >= 4 is 17.2 Å². The minimum Gasteiger partial charge on any atom is -0.379 e. The van der Waals surface area contributed by atoms with E-state index in [1.165, 1.54) is 0 Å². The van der Waals surface area contributed by atoms with Crippen LogP contribution in [0.3, 0.4) is 0 Å². The molecule has 2 rings (SSSR count). The lowest BCUT2D eigenvalue weighted by Gasteiger charge is -2.35. The van der Waals surface area contributed by atoms with E-state index in [1.807, 2.05) is 17.5 Å². The normalized spacial score (nSPS) is 17.9. The number of hydrogen-bond acceptors (Lipinski definition) is 4. The first-order valence-corrected chi connectivity index (χ1v) is 8.64. The molecular weight excluding hydrogens is 284 g/mol. The van der Waals surface area contributed by atoms with Crippen LogP contribution in [0.15, 0.2) is 17.5 Å². The van der Waals surface area contributed by atoms with Gasteiger partial charge in [-0.25, -0.2) is 0 Å². The SMILES string of the molecule is CC(C)CC(CNC(=O)Cc1cccs1)N1CCOCC1. The van der Waals surface area contributed by atoms with Crippen molar-refractivity contribution in [1.82, 2.24) is 10.2 Å². The molecule has 1 aliphatic rings. The molecule has 1 amide bonds. The maximum absolute atomic E-state index is 12.0. The zero-order chi connectivity index (χ0) is 15.1. The van der Waals surface area contributed by atoms with Crippen molar-refractivity contribution in [3.63, 3.8) is 0 Å². The summed E-state index contributed by atoms with van der Waals surface area (Å²) >= 11 is 1.64. The van der Waals surface area contributed by atoms with Crippen molar-refractivity contribution in [3.05, 3.63) is 22.4 Å². The summed E-state index contributed by atoms with van der Waals surface area (Å²) in [6.45, 7) is 8.76. The van der Waals surface area contributed by atoms with Crippen molar-refractivity contribution in [2.24, 2.45) is 5.92 Å². The Labute approximate surface area is 131 Å². The van der Waals surface area contributed by atoms with E-state index in [1.54, 1.807) is 11.3 Å². The maximum Gasteiger partial charge on any atom is 0.225 e. The van der Waals surface area contributed by atoms with Crippen molar-refractivity contribution < 1.29 is 9.53 Å². The van der Waals surface area contributed by atoms with E-state index in [9.17, 15) is 4.79 Å². The zero-order valence-corrected chi connectivity index (χ0v) is 13.8. The second-order valence-corrected chi connectivity index (χ2v) is 7.02. The van der Waals surface area contributed by atoms with Crippen molar-refractivity contribution in [2.45, 2.75) is 32.7 Å². The van der Waals surface area contributed by atoms with Gasteiger partial charge >= 0.3 is 0 Å². The second-order valence-electron chi connectivity index (χ2n) is 5.99. The fourth-order valence-electron chi connectivity index (χ4n) is 2.71. The van der Waals surface area contributed by atoms with Crippen LogP contribution in [0, 0.1) is 5.92 Å². The molecule has 0 radical (unpaired) electrons. The van der Waals surface area contributed by atoms with Crippen LogP contribution in [0.5, 0.6) is 0 Å². The number of morpholine rings is 1. The van der Waals surface area contributed by atoms with E-state index in [-0.39, 0.29) is 5.91 Å². The highest BCUT2D eigenvalue weighted by molar-refractivity contribution is 7.10. The van der Waals surface area contributed by atoms with Gasteiger partial charge < -0.3 is 10.1 Å². The molecule has 0 bridgehead atoms. The van der Waals surface area contributed by atoms with Gasteiger partial charge in [-0.1, -0.05) is 19.9 Å². The molecule has 1 saturated heterocycles. The highest BCUT2D eigenvalue weighted by Crippen LogP contribution is 2.13. The van der Waals surface area contributed by atoms with Gasteiger partial charge in [-0.15, -0.1) is 11.3 Å². The zero-order valence-electron chi connectivity index (χ0n) is 13.0. The molecule has 2 heterocycles. The number of nitrogens with zero attached hydrogens (tertiary/aromatic N) is 1. The Hall–Kier alpha value is -0.910. The van der Waals surface area contributed by atoms with E-state index in [0.717, 1.165) is 44.1 Å². The van der Waals surface area contributed by atoms with Gasteiger partial charge in [0.1, 0.15) is 0 Å². The van der Waals surface area contributed by atoms with Gasteiger partial charge in [-0.2, -0.15) is 0 Å². The summed E-state index contributed by atoms with van der Waals surface area (Å²) in [6.07, 6.45) is 1.61. The molecule has 1 fully saturated rings. The Kier molecular flexibility index (Phi) is 6.67. The average molecular weight is 310 g/mol. The molecule has 1 unspecified atom stereocenters. The van der Waals surface area contributed by atoms with Gasteiger partial charge in [0.05, 0.1) is 19.6 Å². The number of rotatable bonds is 7. The van der Waals surface area contributed by atoms with Gasteiger partial charge in [0.2, 0.25) is 5.91 Å². The smallest absolute Gasteiger partial charge is 0.225 e. The summed E-state index contributed by atoms with van der Waals surface area (Å²) in [5, 5.41) is 5.12. The summed E-state index contributed by atoms with van der Waals surface area (Å²) < 4.78 is 5.42. The monoisotopic (exact) mass is 310 g/mol. The molecule has 1 atom stereocenters. The Morgan fingerprint density at radius 2 is 2.19 bits per heavy atom. The molecule has 1 aromatic rings. The van der Waals surface area contributed by atoms with Gasteiger partial charge in [-0.3, -0.25) is 9.69 Å². The third-order valence-corrected chi connectivity index (χ3v) is 4.63. The van der Waals surface area contributed by atoms with Crippen LogP contribution < -0.4 is 5.32 Å². The van der Waals surface area contributed by atoms with Crippen LogP contribution in [-0.4, -0.2) is 49.7 Å². The Morgan fingerprint density at radius 3 is 2.81 bits per heavy atom.